The molecule has 110 valence electrons. The van der Waals surface area contributed by atoms with Crippen molar-refractivity contribution in [3.05, 3.63) is 59.7 Å². The van der Waals surface area contributed by atoms with Crippen molar-refractivity contribution in [2.24, 2.45) is 0 Å². The molecule has 0 saturated carbocycles. The zero-order chi connectivity index (χ0) is 15.2. The summed E-state index contributed by atoms with van der Waals surface area (Å²) in [6.07, 6.45) is 0. The van der Waals surface area contributed by atoms with E-state index >= 15 is 0 Å². The predicted molar refractivity (Wildman–Crippen MR) is 84.2 cm³/mol. The molecule has 0 aliphatic rings. The third kappa shape index (κ3) is 4.24. The highest BCUT2D eigenvalue weighted by molar-refractivity contribution is 5.95. The van der Waals surface area contributed by atoms with E-state index in [0.29, 0.717) is 23.6 Å². The summed E-state index contributed by atoms with van der Waals surface area (Å²) in [5.74, 6) is 0.450. The fourth-order valence-electron chi connectivity index (χ4n) is 1.90. The van der Waals surface area contributed by atoms with E-state index < -0.39 is 0 Å². The average Bonchev–Trinajstić information content (AvgIpc) is 2.46. The van der Waals surface area contributed by atoms with Crippen molar-refractivity contribution in [1.82, 2.24) is 5.32 Å². The summed E-state index contributed by atoms with van der Waals surface area (Å²) in [7, 11) is 0. The van der Waals surface area contributed by atoms with Gasteiger partial charge in [0.05, 0.1) is 5.69 Å². The predicted octanol–water partition coefficient (Wildman–Crippen LogP) is 2.99. The van der Waals surface area contributed by atoms with Gasteiger partial charge in [0, 0.05) is 11.6 Å². The number of ether oxygens (including phenoxy) is 1. The smallest absolute Gasteiger partial charge is 0.251 e. The number of rotatable bonds is 5. The van der Waals surface area contributed by atoms with Crippen LogP contribution in [0, 0.1) is 0 Å². The van der Waals surface area contributed by atoms with Crippen LogP contribution < -0.4 is 15.8 Å². The lowest BCUT2D eigenvalue weighted by molar-refractivity contribution is 0.0943. The lowest BCUT2D eigenvalue weighted by atomic mass is 10.1. The van der Waals surface area contributed by atoms with E-state index in [2.05, 4.69) is 5.32 Å². The van der Waals surface area contributed by atoms with E-state index in [4.69, 9.17) is 10.5 Å². The van der Waals surface area contributed by atoms with Crippen LogP contribution in [-0.4, -0.2) is 11.9 Å². The first kappa shape index (κ1) is 14.9. The van der Waals surface area contributed by atoms with Crippen LogP contribution >= 0.6 is 0 Å². The molecule has 2 rings (SSSR count). The molecule has 2 aromatic rings. The van der Waals surface area contributed by atoms with Gasteiger partial charge in [0.25, 0.3) is 5.91 Å². The molecule has 0 spiro atoms. The molecule has 0 aromatic heterocycles. The molecular formula is C17H20N2O2. The van der Waals surface area contributed by atoms with Crippen LogP contribution in [0.5, 0.6) is 5.75 Å². The van der Waals surface area contributed by atoms with Gasteiger partial charge in [-0.15, -0.1) is 0 Å². The highest BCUT2D eigenvalue weighted by atomic mass is 16.5. The molecule has 0 aliphatic carbocycles. The van der Waals surface area contributed by atoms with E-state index in [0.717, 1.165) is 5.56 Å². The number of nitrogens with two attached hydrogens (primary N) is 1. The van der Waals surface area contributed by atoms with Crippen LogP contribution in [0.1, 0.15) is 29.8 Å². The molecule has 0 heterocycles. The lowest BCUT2D eigenvalue weighted by Crippen LogP contribution is -2.30. The SMILES string of the molecule is CC(C)NC(=O)c1ccc(OCc2ccccc2)c(N)c1. The van der Waals surface area contributed by atoms with Gasteiger partial charge in [-0.25, -0.2) is 0 Å². The number of hydrogen-bond acceptors (Lipinski definition) is 3. The van der Waals surface area contributed by atoms with Crippen LogP contribution in [0.3, 0.4) is 0 Å². The van der Waals surface area contributed by atoms with Gasteiger partial charge in [-0.3, -0.25) is 4.79 Å². The Morgan fingerprint density at radius 2 is 1.90 bits per heavy atom. The fraction of sp³-hybridized carbons (Fsp3) is 0.235. The second-order valence-corrected chi connectivity index (χ2v) is 5.16. The molecule has 0 unspecified atom stereocenters. The van der Waals surface area contributed by atoms with Crippen molar-refractivity contribution in [3.63, 3.8) is 0 Å². The van der Waals surface area contributed by atoms with Gasteiger partial charge < -0.3 is 15.8 Å². The number of hydrogen-bond donors (Lipinski definition) is 2. The third-order valence-electron chi connectivity index (χ3n) is 2.93. The zero-order valence-corrected chi connectivity index (χ0v) is 12.3. The van der Waals surface area contributed by atoms with Gasteiger partial charge in [0.15, 0.2) is 0 Å². The van der Waals surface area contributed by atoms with E-state index in [1.165, 1.54) is 0 Å². The summed E-state index contributed by atoms with van der Waals surface area (Å²) >= 11 is 0. The summed E-state index contributed by atoms with van der Waals surface area (Å²) in [5.41, 5.74) is 8.01. The molecule has 0 radical (unpaired) electrons. The Bertz CT molecular complexity index is 609. The average molecular weight is 284 g/mol. The normalized spacial score (nSPS) is 10.4. The van der Waals surface area contributed by atoms with Crippen molar-refractivity contribution < 1.29 is 9.53 Å². The van der Waals surface area contributed by atoms with Crippen molar-refractivity contribution in [1.29, 1.82) is 0 Å². The Labute approximate surface area is 124 Å². The van der Waals surface area contributed by atoms with Crippen molar-refractivity contribution >= 4 is 11.6 Å². The topological polar surface area (TPSA) is 64.3 Å². The molecule has 0 fully saturated rings. The molecule has 0 bridgehead atoms. The van der Waals surface area contributed by atoms with Gasteiger partial charge in [0.1, 0.15) is 12.4 Å². The van der Waals surface area contributed by atoms with Crippen molar-refractivity contribution in [3.8, 4) is 5.75 Å². The number of anilines is 1. The molecule has 4 heteroatoms. The Kier molecular flexibility index (Phi) is 4.82. The van der Waals surface area contributed by atoms with Crippen LogP contribution in [0.2, 0.25) is 0 Å². The monoisotopic (exact) mass is 284 g/mol. The van der Waals surface area contributed by atoms with Crippen LogP contribution in [0.15, 0.2) is 48.5 Å². The Hall–Kier alpha value is -2.49. The Balaban J connectivity index is 2.04. The molecule has 2 aromatic carbocycles. The van der Waals surface area contributed by atoms with E-state index in [-0.39, 0.29) is 11.9 Å². The summed E-state index contributed by atoms with van der Waals surface area (Å²) in [4.78, 5) is 11.9. The van der Waals surface area contributed by atoms with Gasteiger partial charge in [0.2, 0.25) is 0 Å². The van der Waals surface area contributed by atoms with Crippen LogP contribution in [0.4, 0.5) is 5.69 Å². The maximum absolute atomic E-state index is 11.9. The first-order valence-corrected chi connectivity index (χ1v) is 6.93. The minimum Gasteiger partial charge on any atom is -0.487 e. The fourth-order valence-corrected chi connectivity index (χ4v) is 1.90. The molecule has 0 atom stereocenters. The minimum atomic E-state index is -0.133. The van der Waals surface area contributed by atoms with Gasteiger partial charge >= 0.3 is 0 Å². The second-order valence-electron chi connectivity index (χ2n) is 5.16. The summed E-state index contributed by atoms with van der Waals surface area (Å²) in [6, 6.07) is 15.0. The number of carbonyl (C=O) groups is 1. The van der Waals surface area contributed by atoms with Gasteiger partial charge in [-0.1, -0.05) is 30.3 Å². The summed E-state index contributed by atoms with van der Waals surface area (Å²) < 4.78 is 5.68. The number of benzene rings is 2. The first-order chi connectivity index (χ1) is 10.1. The van der Waals surface area contributed by atoms with Crippen molar-refractivity contribution in [2.75, 3.05) is 5.73 Å². The second kappa shape index (κ2) is 6.79. The largest absolute Gasteiger partial charge is 0.487 e. The number of amides is 1. The number of nitrogen functional groups attached to an aromatic ring is 1. The Morgan fingerprint density at radius 1 is 1.19 bits per heavy atom. The molecule has 0 saturated heterocycles. The van der Waals surface area contributed by atoms with Gasteiger partial charge in [-0.2, -0.15) is 0 Å². The molecule has 1 amide bonds. The number of carbonyl (C=O) groups excluding carboxylic acids is 1. The maximum atomic E-state index is 11.9. The Morgan fingerprint density at radius 3 is 2.52 bits per heavy atom. The standard InChI is InChI=1S/C17H20N2O2/c1-12(2)19-17(20)14-8-9-16(15(18)10-14)21-11-13-6-4-3-5-7-13/h3-10,12H,11,18H2,1-2H3,(H,19,20). The molecular weight excluding hydrogens is 264 g/mol. The lowest BCUT2D eigenvalue weighted by Gasteiger charge is -2.12. The molecule has 4 nitrogen and oxygen atoms in total. The third-order valence-corrected chi connectivity index (χ3v) is 2.93. The quantitative estimate of drug-likeness (QED) is 0.830. The van der Waals surface area contributed by atoms with Crippen molar-refractivity contribution in [2.45, 2.75) is 26.5 Å². The molecule has 3 N–H and O–H groups in total. The molecule has 0 aliphatic heterocycles. The summed E-state index contributed by atoms with van der Waals surface area (Å²) in [5, 5.41) is 2.83. The first-order valence-electron chi connectivity index (χ1n) is 6.93. The number of nitrogens with one attached hydrogen (secondary N) is 1. The highest BCUT2D eigenvalue weighted by Gasteiger charge is 2.09. The minimum absolute atomic E-state index is 0.0905. The zero-order valence-electron chi connectivity index (χ0n) is 12.3. The van der Waals surface area contributed by atoms with Crippen LogP contribution in [0.25, 0.3) is 0 Å². The van der Waals surface area contributed by atoms with E-state index in [1.807, 2.05) is 44.2 Å². The van der Waals surface area contributed by atoms with E-state index in [9.17, 15) is 4.79 Å². The molecule has 21 heavy (non-hydrogen) atoms. The van der Waals surface area contributed by atoms with E-state index in [1.54, 1.807) is 18.2 Å². The van der Waals surface area contributed by atoms with Crippen LogP contribution in [-0.2, 0) is 6.61 Å². The summed E-state index contributed by atoms with van der Waals surface area (Å²) in [6.45, 7) is 4.28. The maximum Gasteiger partial charge on any atom is 0.251 e. The van der Waals surface area contributed by atoms with Gasteiger partial charge in [-0.05, 0) is 37.6 Å². The highest BCUT2D eigenvalue weighted by Crippen LogP contribution is 2.23.